The van der Waals surface area contributed by atoms with E-state index in [0.29, 0.717) is 11.6 Å². The third-order valence-corrected chi connectivity index (χ3v) is 4.79. The monoisotopic (exact) mass is 361 g/mol. The van der Waals surface area contributed by atoms with Crippen molar-refractivity contribution >= 4 is 29.1 Å². The van der Waals surface area contributed by atoms with Crippen LogP contribution in [0.4, 0.5) is 17.5 Å². The molecule has 134 valence electrons. The number of nitrogen functional groups attached to an aromatic ring is 1. The van der Waals surface area contributed by atoms with Gasteiger partial charge in [0.1, 0.15) is 5.82 Å². The first-order valence-corrected chi connectivity index (χ1v) is 8.80. The molecule has 3 N–H and O–H groups in total. The Bertz CT molecular complexity index is 747. The van der Waals surface area contributed by atoms with E-state index in [0.717, 1.165) is 47.9 Å². The van der Waals surface area contributed by atoms with Crippen LogP contribution in [-0.2, 0) is 4.74 Å². The Morgan fingerprint density at radius 3 is 2.80 bits per heavy atom. The lowest BCUT2D eigenvalue weighted by atomic mass is 10.0. The molecule has 1 atom stereocenters. The summed E-state index contributed by atoms with van der Waals surface area (Å²) < 4.78 is 5.83. The smallest absolute Gasteiger partial charge is 0.222 e. The van der Waals surface area contributed by atoms with E-state index in [1.54, 1.807) is 0 Å². The van der Waals surface area contributed by atoms with E-state index in [9.17, 15) is 0 Å². The van der Waals surface area contributed by atoms with Crippen molar-refractivity contribution in [1.29, 1.82) is 0 Å². The van der Waals surface area contributed by atoms with Gasteiger partial charge in [-0.2, -0.15) is 4.98 Å². The Balaban J connectivity index is 2.06. The molecule has 6 nitrogen and oxygen atoms in total. The summed E-state index contributed by atoms with van der Waals surface area (Å²) in [5, 5.41) is 3.89. The summed E-state index contributed by atoms with van der Waals surface area (Å²) >= 11 is 6.60. The van der Waals surface area contributed by atoms with Crippen molar-refractivity contribution in [2.45, 2.75) is 26.3 Å². The second-order valence-electron chi connectivity index (χ2n) is 6.30. The van der Waals surface area contributed by atoms with Gasteiger partial charge in [-0.1, -0.05) is 17.7 Å². The highest BCUT2D eigenvalue weighted by Crippen LogP contribution is 2.35. The average molecular weight is 362 g/mol. The Labute approximate surface area is 153 Å². The number of rotatable bonds is 3. The summed E-state index contributed by atoms with van der Waals surface area (Å²) in [6, 6.07) is 6.03. The molecule has 1 aromatic heterocycles. The maximum atomic E-state index is 6.60. The highest BCUT2D eigenvalue weighted by atomic mass is 35.5. The van der Waals surface area contributed by atoms with E-state index in [1.165, 1.54) is 0 Å². The van der Waals surface area contributed by atoms with Gasteiger partial charge >= 0.3 is 0 Å². The predicted molar refractivity (Wildman–Crippen MR) is 102 cm³/mol. The van der Waals surface area contributed by atoms with Crippen molar-refractivity contribution in [3.05, 3.63) is 40.0 Å². The molecule has 1 aliphatic heterocycles. The van der Waals surface area contributed by atoms with E-state index < -0.39 is 0 Å². The van der Waals surface area contributed by atoms with E-state index in [1.807, 2.05) is 26.1 Å². The number of aromatic nitrogens is 2. The normalized spacial score (nSPS) is 18.1. The average Bonchev–Trinajstić information content (AvgIpc) is 2.81. The molecule has 25 heavy (non-hydrogen) atoms. The minimum atomic E-state index is -0.0201. The van der Waals surface area contributed by atoms with E-state index in [-0.39, 0.29) is 12.0 Å². The lowest BCUT2D eigenvalue weighted by molar-refractivity contribution is 0.134. The topological polar surface area (TPSA) is 76.3 Å². The largest absolute Gasteiger partial charge is 0.388 e. The molecule has 1 fully saturated rings. The number of anilines is 3. The first kappa shape index (κ1) is 17.8. The van der Waals surface area contributed by atoms with Crippen LogP contribution in [0, 0.1) is 13.8 Å². The second kappa shape index (κ2) is 7.45. The molecular weight excluding hydrogens is 338 g/mol. The van der Waals surface area contributed by atoms with Gasteiger partial charge in [-0.3, -0.25) is 0 Å². The van der Waals surface area contributed by atoms with E-state index >= 15 is 0 Å². The van der Waals surface area contributed by atoms with Gasteiger partial charge in [-0.05, 0) is 37.5 Å². The lowest BCUT2D eigenvalue weighted by Crippen LogP contribution is -2.32. The Morgan fingerprint density at radius 1 is 1.28 bits per heavy atom. The number of benzene rings is 1. The molecule has 0 bridgehead atoms. The highest BCUT2D eigenvalue weighted by Gasteiger charge is 2.27. The molecule has 0 aliphatic carbocycles. The van der Waals surface area contributed by atoms with Crippen LogP contribution in [0.15, 0.2) is 18.2 Å². The SMILES string of the molecule is CNc1cc(Cl)c(C2COCCCN2c2cc(C)nc(N)n2)cc1C. The highest BCUT2D eigenvalue weighted by molar-refractivity contribution is 6.31. The van der Waals surface area contributed by atoms with Gasteiger partial charge in [0.2, 0.25) is 5.95 Å². The summed E-state index contributed by atoms with van der Waals surface area (Å²) in [7, 11) is 1.89. The van der Waals surface area contributed by atoms with Gasteiger partial charge in [0.25, 0.3) is 0 Å². The third kappa shape index (κ3) is 3.80. The first-order chi connectivity index (χ1) is 12.0. The van der Waals surface area contributed by atoms with Crippen LogP contribution in [-0.4, -0.2) is 36.8 Å². The zero-order valence-electron chi connectivity index (χ0n) is 14.8. The zero-order valence-corrected chi connectivity index (χ0v) is 15.6. The van der Waals surface area contributed by atoms with Crippen molar-refractivity contribution < 1.29 is 4.74 Å². The second-order valence-corrected chi connectivity index (χ2v) is 6.71. The molecule has 7 heteroatoms. The fourth-order valence-electron chi connectivity index (χ4n) is 3.26. The van der Waals surface area contributed by atoms with Crippen molar-refractivity contribution in [2.75, 3.05) is 42.8 Å². The van der Waals surface area contributed by atoms with Gasteiger partial charge in [-0.25, -0.2) is 4.98 Å². The van der Waals surface area contributed by atoms with Crippen LogP contribution in [0.25, 0.3) is 0 Å². The number of aryl methyl sites for hydroxylation is 2. The molecule has 3 rings (SSSR count). The van der Waals surface area contributed by atoms with Crippen LogP contribution in [0.2, 0.25) is 5.02 Å². The van der Waals surface area contributed by atoms with Crippen LogP contribution >= 0.6 is 11.6 Å². The molecule has 1 saturated heterocycles. The quantitative estimate of drug-likeness (QED) is 0.873. The van der Waals surface area contributed by atoms with Gasteiger partial charge in [-0.15, -0.1) is 0 Å². The summed E-state index contributed by atoms with van der Waals surface area (Å²) in [6.07, 6.45) is 0.921. The number of nitrogens with one attached hydrogen (secondary N) is 1. The van der Waals surface area contributed by atoms with Gasteiger partial charge < -0.3 is 20.7 Å². The molecule has 0 amide bonds. The summed E-state index contributed by atoms with van der Waals surface area (Å²) in [5.74, 6) is 1.10. The fourth-order valence-corrected chi connectivity index (χ4v) is 3.55. The fraction of sp³-hybridized carbons (Fsp3) is 0.444. The molecule has 2 aromatic rings. The molecule has 0 radical (unpaired) electrons. The molecular formula is C18H24ClN5O. The first-order valence-electron chi connectivity index (χ1n) is 8.43. The summed E-state index contributed by atoms with van der Waals surface area (Å²) in [4.78, 5) is 10.8. The molecule has 2 heterocycles. The Morgan fingerprint density at radius 2 is 2.08 bits per heavy atom. The van der Waals surface area contributed by atoms with E-state index in [4.69, 9.17) is 22.1 Å². The zero-order chi connectivity index (χ0) is 18.0. The summed E-state index contributed by atoms with van der Waals surface area (Å²) in [6.45, 7) is 6.09. The number of hydrogen-bond donors (Lipinski definition) is 2. The molecule has 1 unspecified atom stereocenters. The number of nitrogens with two attached hydrogens (primary N) is 1. The van der Waals surface area contributed by atoms with Crippen LogP contribution < -0.4 is 16.0 Å². The Hall–Kier alpha value is -2.05. The van der Waals surface area contributed by atoms with Crippen molar-refractivity contribution in [2.24, 2.45) is 0 Å². The third-order valence-electron chi connectivity index (χ3n) is 4.46. The standard InChI is InChI=1S/C18H24ClN5O/c1-11-7-13(14(19)9-15(11)21-3)16-10-25-6-4-5-24(16)17-8-12(2)22-18(20)23-17/h7-9,16,21H,4-6,10H2,1-3H3,(H2,20,22,23). The van der Waals surface area contributed by atoms with Crippen LogP contribution in [0.3, 0.4) is 0 Å². The molecule has 0 spiro atoms. The Kier molecular flexibility index (Phi) is 5.30. The maximum absolute atomic E-state index is 6.60. The number of halogens is 1. The number of nitrogens with zero attached hydrogens (tertiary/aromatic N) is 3. The van der Waals surface area contributed by atoms with Crippen molar-refractivity contribution in [3.8, 4) is 0 Å². The maximum Gasteiger partial charge on any atom is 0.222 e. The predicted octanol–water partition coefficient (Wildman–Crippen LogP) is 3.34. The van der Waals surface area contributed by atoms with E-state index in [2.05, 4.69) is 33.2 Å². The van der Waals surface area contributed by atoms with Gasteiger partial charge in [0.05, 0.1) is 12.6 Å². The molecule has 1 aromatic carbocycles. The van der Waals surface area contributed by atoms with Crippen molar-refractivity contribution in [1.82, 2.24) is 9.97 Å². The number of ether oxygens (including phenoxy) is 1. The van der Waals surface area contributed by atoms with Crippen molar-refractivity contribution in [3.63, 3.8) is 0 Å². The summed E-state index contributed by atoms with van der Waals surface area (Å²) in [5.41, 5.74) is 9.92. The minimum absolute atomic E-state index is 0.0201. The lowest BCUT2D eigenvalue weighted by Gasteiger charge is -2.32. The van der Waals surface area contributed by atoms with Gasteiger partial charge in [0.15, 0.2) is 0 Å². The van der Waals surface area contributed by atoms with Gasteiger partial charge in [0, 0.05) is 42.7 Å². The number of hydrogen-bond acceptors (Lipinski definition) is 6. The molecule has 1 aliphatic rings. The van der Waals surface area contributed by atoms with Crippen LogP contribution in [0.5, 0.6) is 0 Å². The minimum Gasteiger partial charge on any atom is -0.388 e. The van der Waals surface area contributed by atoms with Crippen LogP contribution in [0.1, 0.15) is 29.3 Å². The molecule has 0 saturated carbocycles.